The van der Waals surface area contributed by atoms with Crippen molar-refractivity contribution < 1.29 is 0 Å². The molecule has 0 radical (unpaired) electrons. The fraction of sp³-hybridized carbons (Fsp3) is 0.667. The summed E-state index contributed by atoms with van der Waals surface area (Å²) in [6, 6.07) is 10.1. The summed E-state index contributed by atoms with van der Waals surface area (Å²) >= 11 is 0. The minimum atomic E-state index is 0.473. The Hall–Kier alpha value is -1.02. The van der Waals surface area contributed by atoms with Crippen molar-refractivity contribution in [3.63, 3.8) is 0 Å². The van der Waals surface area contributed by atoms with Crippen molar-refractivity contribution in [2.45, 2.75) is 59.0 Å². The van der Waals surface area contributed by atoms with Crippen molar-refractivity contribution in [2.24, 2.45) is 5.92 Å². The molecule has 3 unspecified atom stereocenters. The number of hydrogen-bond acceptors (Lipinski definition) is 2. The molecule has 1 aliphatic rings. The predicted molar refractivity (Wildman–Crippen MR) is 88.4 cm³/mol. The van der Waals surface area contributed by atoms with Crippen molar-refractivity contribution in [3.05, 3.63) is 29.8 Å². The van der Waals surface area contributed by atoms with Crippen LogP contribution >= 0.6 is 0 Å². The van der Waals surface area contributed by atoms with E-state index >= 15 is 0 Å². The lowest BCUT2D eigenvalue weighted by Crippen LogP contribution is -2.42. The molecule has 20 heavy (non-hydrogen) atoms. The fourth-order valence-electron chi connectivity index (χ4n) is 3.39. The molecule has 2 heteroatoms. The van der Waals surface area contributed by atoms with Crippen LogP contribution < -0.4 is 10.2 Å². The van der Waals surface area contributed by atoms with Crippen LogP contribution in [0, 0.1) is 5.92 Å². The Morgan fingerprint density at radius 3 is 2.65 bits per heavy atom. The van der Waals surface area contributed by atoms with Gasteiger partial charge in [0.2, 0.25) is 0 Å². The SMILES string of the molecule is CCNC(CC)c1ccccc1N1CC(C)CCC1C. The highest BCUT2D eigenvalue weighted by Crippen LogP contribution is 2.33. The zero-order chi connectivity index (χ0) is 14.5. The van der Waals surface area contributed by atoms with Crippen LogP contribution in [0.25, 0.3) is 0 Å². The third-order valence-corrected chi connectivity index (χ3v) is 4.60. The number of nitrogens with one attached hydrogen (secondary N) is 1. The number of anilines is 1. The van der Waals surface area contributed by atoms with E-state index in [0.717, 1.165) is 18.9 Å². The maximum Gasteiger partial charge on any atom is 0.0417 e. The quantitative estimate of drug-likeness (QED) is 0.857. The summed E-state index contributed by atoms with van der Waals surface area (Å²) in [6.45, 7) is 11.4. The van der Waals surface area contributed by atoms with Gasteiger partial charge in [0, 0.05) is 24.3 Å². The molecule has 1 N–H and O–H groups in total. The number of rotatable bonds is 5. The maximum atomic E-state index is 3.63. The highest BCUT2D eigenvalue weighted by Gasteiger charge is 2.25. The molecule has 1 saturated heterocycles. The first-order valence-electron chi connectivity index (χ1n) is 8.26. The van der Waals surface area contributed by atoms with Crippen LogP contribution in [0.4, 0.5) is 5.69 Å². The molecule has 3 atom stereocenters. The molecule has 0 saturated carbocycles. The van der Waals surface area contributed by atoms with Crippen molar-refractivity contribution >= 4 is 5.69 Å². The van der Waals surface area contributed by atoms with Crippen molar-refractivity contribution in [1.82, 2.24) is 5.32 Å². The molecule has 0 aliphatic carbocycles. The third kappa shape index (κ3) is 3.35. The molecule has 1 heterocycles. The number of piperidine rings is 1. The zero-order valence-electron chi connectivity index (χ0n) is 13.5. The Balaban J connectivity index is 2.30. The molecule has 1 fully saturated rings. The van der Waals surface area contributed by atoms with Crippen LogP contribution in [0.1, 0.15) is 58.6 Å². The van der Waals surface area contributed by atoms with E-state index in [1.54, 1.807) is 0 Å². The monoisotopic (exact) mass is 274 g/mol. The molecule has 1 aliphatic heterocycles. The summed E-state index contributed by atoms with van der Waals surface area (Å²) in [6.07, 6.45) is 3.82. The lowest BCUT2D eigenvalue weighted by atomic mass is 9.92. The van der Waals surface area contributed by atoms with Gasteiger partial charge in [0.05, 0.1) is 0 Å². The molecule has 0 aromatic heterocycles. The summed E-state index contributed by atoms with van der Waals surface area (Å²) < 4.78 is 0. The van der Waals surface area contributed by atoms with Gasteiger partial charge in [-0.05, 0) is 50.3 Å². The second-order valence-electron chi connectivity index (χ2n) is 6.26. The minimum Gasteiger partial charge on any atom is -0.368 e. The van der Waals surface area contributed by atoms with Gasteiger partial charge in [0.1, 0.15) is 0 Å². The van der Waals surface area contributed by atoms with Gasteiger partial charge in [-0.25, -0.2) is 0 Å². The molecule has 0 bridgehead atoms. The summed E-state index contributed by atoms with van der Waals surface area (Å²) in [5.74, 6) is 0.804. The van der Waals surface area contributed by atoms with Gasteiger partial charge in [-0.1, -0.05) is 39.0 Å². The molecule has 112 valence electrons. The van der Waals surface area contributed by atoms with Crippen molar-refractivity contribution in [1.29, 1.82) is 0 Å². The summed E-state index contributed by atoms with van der Waals surface area (Å²) in [5.41, 5.74) is 2.91. The van der Waals surface area contributed by atoms with Crippen LogP contribution in [0.5, 0.6) is 0 Å². The van der Waals surface area contributed by atoms with Gasteiger partial charge in [-0.3, -0.25) is 0 Å². The third-order valence-electron chi connectivity index (χ3n) is 4.60. The van der Waals surface area contributed by atoms with E-state index in [0.29, 0.717) is 12.1 Å². The smallest absolute Gasteiger partial charge is 0.0417 e. The number of hydrogen-bond donors (Lipinski definition) is 1. The van der Waals surface area contributed by atoms with Crippen LogP contribution in [0.15, 0.2) is 24.3 Å². The number of nitrogens with zero attached hydrogens (tertiary/aromatic N) is 1. The normalized spacial score (nSPS) is 24.7. The Bertz CT molecular complexity index is 416. The minimum absolute atomic E-state index is 0.473. The van der Waals surface area contributed by atoms with E-state index in [-0.39, 0.29) is 0 Å². The second-order valence-corrected chi connectivity index (χ2v) is 6.26. The van der Waals surface area contributed by atoms with Gasteiger partial charge < -0.3 is 10.2 Å². The van der Waals surface area contributed by atoms with Crippen LogP contribution in [-0.4, -0.2) is 19.1 Å². The summed E-state index contributed by atoms with van der Waals surface area (Å²) in [4.78, 5) is 2.63. The molecule has 2 rings (SSSR count). The molecular weight excluding hydrogens is 244 g/mol. The second kappa shape index (κ2) is 7.12. The summed E-state index contributed by atoms with van der Waals surface area (Å²) in [7, 11) is 0. The Kier molecular flexibility index (Phi) is 5.47. The van der Waals surface area contributed by atoms with Crippen molar-refractivity contribution in [2.75, 3.05) is 18.0 Å². The van der Waals surface area contributed by atoms with Crippen LogP contribution in [0.3, 0.4) is 0 Å². The van der Waals surface area contributed by atoms with Gasteiger partial charge >= 0.3 is 0 Å². The zero-order valence-corrected chi connectivity index (χ0v) is 13.5. The van der Waals surface area contributed by atoms with Crippen molar-refractivity contribution in [3.8, 4) is 0 Å². The first-order valence-corrected chi connectivity index (χ1v) is 8.26. The number of para-hydroxylation sites is 1. The van der Waals surface area contributed by atoms with Crippen LogP contribution in [0.2, 0.25) is 0 Å². The average molecular weight is 274 g/mol. The average Bonchev–Trinajstić information content (AvgIpc) is 2.47. The van der Waals surface area contributed by atoms with Crippen LogP contribution in [-0.2, 0) is 0 Å². The first-order chi connectivity index (χ1) is 9.67. The lowest BCUT2D eigenvalue weighted by molar-refractivity contribution is 0.388. The fourth-order valence-corrected chi connectivity index (χ4v) is 3.39. The highest BCUT2D eigenvalue weighted by molar-refractivity contribution is 5.56. The molecule has 2 nitrogen and oxygen atoms in total. The predicted octanol–water partition coefficient (Wildman–Crippen LogP) is 4.37. The van der Waals surface area contributed by atoms with Gasteiger partial charge in [0.25, 0.3) is 0 Å². The van der Waals surface area contributed by atoms with E-state index in [4.69, 9.17) is 0 Å². The number of benzene rings is 1. The van der Waals surface area contributed by atoms with E-state index in [9.17, 15) is 0 Å². The maximum absolute atomic E-state index is 3.63. The standard InChI is InChI=1S/C18H30N2/c1-5-17(19-6-2)16-9-7-8-10-18(16)20-13-14(3)11-12-15(20)4/h7-10,14-15,17,19H,5-6,11-13H2,1-4H3. The van der Waals surface area contributed by atoms with Gasteiger partial charge in [0.15, 0.2) is 0 Å². The first kappa shape index (κ1) is 15.4. The molecule has 0 amide bonds. The van der Waals surface area contributed by atoms with E-state index in [1.807, 2.05) is 0 Å². The summed E-state index contributed by atoms with van der Waals surface area (Å²) in [5, 5.41) is 3.63. The van der Waals surface area contributed by atoms with Gasteiger partial charge in [-0.15, -0.1) is 0 Å². The largest absolute Gasteiger partial charge is 0.368 e. The molecule has 1 aromatic rings. The highest BCUT2D eigenvalue weighted by atomic mass is 15.2. The molecule has 1 aromatic carbocycles. The topological polar surface area (TPSA) is 15.3 Å². The Morgan fingerprint density at radius 2 is 1.95 bits per heavy atom. The van der Waals surface area contributed by atoms with E-state index in [2.05, 4.69) is 62.2 Å². The Morgan fingerprint density at radius 1 is 1.20 bits per heavy atom. The molecule has 0 spiro atoms. The lowest BCUT2D eigenvalue weighted by Gasteiger charge is -2.40. The van der Waals surface area contributed by atoms with E-state index < -0.39 is 0 Å². The van der Waals surface area contributed by atoms with E-state index in [1.165, 1.54) is 30.6 Å². The molecular formula is C18H30N2. The van der Waals surface area contributed by atoms with Gasteiger partial charge in [-0.2, -0.15) is 0 Å². The Labute approximate surface area is 124 Å².